The van der Waals surface area contributed by atoms with Gasteiger partial charge in [0.1, 0.15) is 0 Å². The van der Waals surface area contributed by atoms with E-state index in [4.69, 9.17) is 11.6 Å². The fourth-order valence-corrected chi connectivity index (χ4v) is 2.28. The molecule has 0 aliphatic rings. The molecule has 0 saturated carbocycles. The Morgan fingerprint density at radius 1 is 1.47 bits per heavy atom. The van der Waals surface area contributed by atoms with Crippen molar-refractivity contribution in [2.75, 3.05) is 5.88 Å². The number of rotatable bonds is 4. The van der Waals surface area contributed by atoms with Gasteiger partial charge in [0.2, 0.25) is 0 Å². The summed E-state index contributed by atoms with van der Waals surface area (Å²) in [5, 5.41) is 2.96. The minimum absolute atomic E-state index is 0.00236. The third-order valence-corrected chi connectivity index (χ3v) is 3.99. The van der Waals surface area contributed by atoms with Crippen LogP contribution < -0.4 is 5.32 Å². The number of halogens is 2. The Balaban J connectivity index is 2.86. The summed E-state index contributed by atoms with van der Waals surface area (Å²) in [5.41, 5.74) is 1.64. The molecule has 4 heteroatoms. The van der Waals surface area contributed by atoms with Crippen LogP contribution in [0.4, 0.5) is 0 Å². The highest BCUT2D eigenvalue weighted by Gasteiger charge is 2.17. The van der Waals surface area contributed by atoms with Gasteiger partial charge in [-0.15, -0.1) is 11.6 Å². The molecule has 0 heterocycles. The van der Waals surface area contributed by atoms with E-state index >= 15 is 0 Å². The minimum Gasteiger partial charge on any atom is -0.348 e. The van der Waals surface area contributed by atoms with Gasteiger partial charge in [0.05, 0.1) is 0 Å². The summed E-state index contributed by atoms with van der Waals surface area (Å²) in [5.74, 6) is 0.684. The highest BCUT2D eigenvalue weighted by Crippen LogP contribution is 2.19. The van der Waals surface area contributed by atoms with Crippen molar-refractivity contribution in [3.05, 3.63) is 33.8 Å². The first kappa shape index (κ1) is 14.5. The summed E-state index contributed by atoms with van der Waals surface area (Å²) >= 11 is 9.26. The van der Waals surface area contributed by atoms with Gasteiger partial charge >= 0.3 is 0 Å². The van der Waals surface area contributed by atoms with Gasteiger partial charge in [0, 0.05) is 22.0 Å². The molecule has 0 spiro atoms. The molecule has 0 aliphatic heterocycles. The Bertz CT molecular complexity index is 406. The van der Waals surface area contributed by atoms with Crippen LogP contribution in [0.2, 0.25) is 0 Å². The van der Waals surface area contributed by atoms with Crippen LogP contribution in [0.1, 0.15) is 29.8 Å². The van der Waals surface area contributed by atoms with Gasteiger partial charge in [-0.1, -0.05) is 35.8 Å². The van der Waals surface area contributed by atoms with Gasteiger partial charge in [0.15, 0.2) is 0 Å². The molecule has 94 valence electrons. The predicted molar refractivity (Wildman–Crippen MR) is 75.7 cm³/mol. The van der Waals surface area contributed by atoms with E-state index in [1.165, 1.54) is 0 Å². The molecule has 1 aromatic carbocycles. The van der Waals surface area contributed by atoms with E-state index in [1.54, 1.807) is 0 Å². The average Bonchev–Trinajstić information content (AvgIpc) is 2.28. The fourth-order valence-electron chi connectivity index (χ4n) is 1.48. The summed E-state index contributed by atoms with van der Waals surface area (Å²) < 4.78 is 0.942. The summed E-state index contributed by atoms with van der Waals surface area (Å²) in [6, 6.07) is 5.61. The van der Waals surface area contributed by atoms with Crippen molar-refractivity contribution in [3.63, 3.8) is 0 Å². The second kappa shape index (κ2) is 6.41. The molecule has 0 saturated heterocycles. The maximum Gasteiger partial charge on any atom is 0.251 e. The van der Waals surface area contributed by atoms with Gasteiger partial charge in [0.25, 0.3) is 5.91 Å². The van der Waals surface area contributed by atoms with Crippen LogP contribution in [-0.4, -0.2) is 17.8 Å². The van der Waals surface area contributed by atoms with Crippen LogP contribution in [0.5, 0.6) is 0 Å². The zero-order valence-electron chi connectivity index (χ0n) is 10.3. The molecule has 17 heavy (non-hydrogen) atoms. The van der Waals surface area contributed by atoms with Crippen molar-refractivity contribution < 1.29 is 4.79 Å². The van der Waals surface area contributed by atoms with Crippen molar-refractivity contribution in [3.8, 4) is 0 Å². The van der Waals surface area contributed by atoms with Gasteiger partial charge in [-0.05, 0) is 30.5 Å². The van der Waals surface area contributed by atoms with Crippen LogP contribution in [-0.2, 0) is 0 Å². The number of hydrogen-bond donors (Lipinski definition) is 1. The van der Waals surface area contributed by atoms with Gasteiger partial charge in [-0.25, -0.2) is 0 Å². The van der Waals surface area contributed by atoms with Crippen molar-refractivity contribution >= 4 is 33.4 Å². The first-order valence-electron chi connectivity index (χ1n) is 5.59. The van der Waals surface area contributed by atoms with Gasteiger partial charge < -0.3 is 5.32 Å². The Labute approximate surface area is 116 Å². The third kappa shape index (κ3) is 3.71. The molecule has 1 atom stereocenters. The van der Waals surface area contributed by atoms with Crippen LogP contribution in [0.15, 0.2) is 22.7 Å². The van der Waals surface area contributed by atoms with Crippen LogP contribution in [0.3, 0.4) is 0 Å². The van der Waals surface area contributed by atoms with Gasteiger partial charge in [-0.2, -0.15) is 0 Å². The van der Waals surface area contributed by atoms with Crippen molar-refractivity contribution in [1.82, 2.24) is 5.32 Å². The molecule has 1 N–H and O–H groups in total. The summed E-state index contributed by atoms with van der Waals surface area (Å²) in [6.07, 6.45) is 0. The van der Waals surface area contributed by atoms with E-state index in [2.05, 4.69) is 21.2 Å². The van der Waals surface area contributed by atoms with E-state index in [9.17, 15) is 4.79 Å². The largest absolute Gasteiger partial charge is 0.348 e. The molecule has 1 rings (SSSR count). The van der Waals surface area contributed by atoms with E-state index in [0.29, 0.717) is 17.4 Å². The second-order valence-electron chi connectivity index (χ2n) is 4.39. The Hall–Kier alpha value is -0.540. The molecule has 1 amide bonds. The predicted octanol–water partition coefficient (Wildman–Crippen LogP) is 3.75. The molecule has 0 bridgehead atoms. The molecule has 2 nitrogen and oxygen atoms in total. The van der Waals surface area contributed by atoms with Crippen molar-refractivity contribution in [2.24, 2.45) is 5.92 Å². The molecular weight excluding hydrogens is 302 g/mol. The van der Waals surface area contributed by atoms with E-state index < -0.39 is 0 Å². The molecule has 0 aliphatic carbocycles. The maximum atomic E-state index is 12.1. The number of nitrogens with one attached hydrogen (secondary N) is 1. The zero-order valence-corrected chi connectivity index (χ0v) is 12.6. The lowest BCUT2D eigenvalue weighted by Crippen LogP contribution is -2.40. The number of carbonyl (C=O) groups is 1. The molecule has 0 radical (unpaired) electrons. The van der Waals surface area contributed by atoms with Gasteiger partial charge in [-0.3, -0.25) is 4.79 Å². The fraction of sp³-hybridized carbons (Fsp3) is 0.462. The van der Waals surface area contributed by atoms with Crippen molar-refractivity contribution in [2.45, 2.75) is 26.8 Å². The Morgan fingerprint density at radius 3 is 2.65 bits per heavy atom. The third-order valence-electron chi connectivity index (χ3n) is 2.80. The highest BCUT2D eigenvalue weighted by molar-refractivity contribution is 9.10. The number of carbonyl (C=O) groups excluding carboxylic acids is 1. The number of hydrogen-bond acceptors (Lipinski definition) is 1. The normalized spacial score (nSPS) is 12.6. The number of amides is 1. The maximum absolute atomic E-state index is 12.1. The highest BCUT2D eigenvalue weighted by atomic mass is 79.9. The smallest absolute Gasteiger partial charge is 0.251 e. The first-order valence-corrected chi connectivity index (χ1v) is 6.92. The number of benzene rings is 1. The quantitative estimate of drug-likeness (QED) is 0.842. The zero-order chi connectivity index (χ0) is 13.0. The minimum atomic E-state index is -0.0665. The molecule has 1 aromatic rings. The first-order chi connectivity index (χ1) is 7.97. The number of alkyl halides is 1. The standard InChI is InChI=1S/C13H17BrClNO/c1-8(2)12(7-15)16-13(17)10-5-4-6-11(14)9(10)3/h4-6,8,12H,7H2,1-3H3,(H,16,17). The lowest BCUT2D eigenvalue weighted by atomic mass is 10.0. The summed E-state index contributed by atoms with van der Waals surface area (Å²) in [4.78, 5) is 12.1. The Morgan fingerprint density at radius 2 is 2.12 bits per heavy atom. The van der Waals surface area contributed by atoms with E-state index in [1.807, 2.05) is 39.0 Å². The van der Waals surface area contributed by atoms with E-state index in [-0.39, 0.29) is 11.9 Å². The SMILES string of the molecule is Cc1c(Br)cccc1C(=O)NC(CCl)C(C)C. The van der Waals surface area contributed by atoms with Crippen LogP contribution in [0.25, 0.3) is 0 Å². The summed E-state index contributed by atoms with van der Waals surface area (Å²) in [7, 11) is 0. The van der Waals surface area contributed by atoms with Crippen molar-refractivity contribution in [1.29, 1.82) is 0 Å². The molecule has 1 unspecified atom stereocenters. The Kier molecular flexibility index (Phi) is 5.47. The van der Waals surface area contributed by atoms with E-state index in [0.717, 1.165) is 10.0 Å². The monoisotopic (exact) mass is 317 g/mol. The summed E-state index contributed by atoms with van der Waals surface area (Å²) in [6.45, 7) is 6.01. The molecular formula is C13H17BrClNO. The topological polar surface area (TPSA) is 29.1 Å². The molecule has 0 aromatic heterocycles. The van der Waals surface area contributed by atoms with Crippen LogP contribution in [0, 0.1) is 12.8 Å². The average molecular weight is 319 g/mol. The second-order valence-corrected chi connectivity index (χ2v) is 5.55. The lowest BCUT2D eigenvalue weighted by Gasteiger charge is -2.20. The lowest BCUT2D eigenvalue weighted by molar-refractivity contribution is 0.0930. The molecule has 0 fully saturated rings. The van der Waals surface area contributed by atoms with Crippen LogP contribution >= 0.6 is 27.5 Å².